The first kappa shape index (κ1) is 12.3. The second-order valence-corrected chi connectivity index (χ2v) is 4.43. The number of alkyl halides is 1. The molecule has 0 atom stereocenters. The molecule has 92 valence electrons. The fourth-order valence-corrected chi connectivity index (χ4v) is 2.31. The highest BCUT2D eigenvalue weighted by Gasteiger charge is 2.19. The molecule has 0 aliphatic carbocycles. The van der Waals surface area contributed by atoms with Crippen molar-refractivity contribution in [3.8, 4) is 0 Å². The molecule has 0 N–H and O–H groups in total. The van der Waals surface area contributed by atoms with Crippen molar-refractivity contribution in [1.82, 2.24) is 9.88 Å². The van der Waals surface area contributed by atoms with E-state index in [-0.39, 0.29) is 0 Å². The lowest BCUT2D eigenvalue weighted by atomic mass is 10.2. The first-order valence-electron chi connectivity index (χ1n) is 5.78. The Morgan fingerprint density at radius 1 is 1.35 bits per heavy atom. The van der Waals surface area contributed by atoms with Crippen LogP contribution in [-0.2, 0) is 0 Å². The molecule has 4 nitrogen and oxygen atoms in total. The predicted molar refractivity (Wildman–Crippen MR) is 69.0 cm³/mol. The molecule has 5 heteroatoms. The zero-order valence-electron chi connectivity index (χ0n) is 9.68. The summed E-state index contributed by atoms with van der Waals surface area (Å²) in [4.78, 5) is 19.7. The molecule has 0 spiro atoms. The summed E-state index contributed by atoms with van der Waals surface area (Å²) in [5.74, 6) is 1.47. The zero-order valence-corrected chi connectivity index (χ0v) is 10.4. The van der Waals surface area contributed by atoms with Gasteiger partial charge in [-0.25, -0.2) is 4.98 Å². The van der Waals surface area contributed by atoms with Gasteiger partial charge in [-0.3, -0.25) is 9.69 Å². The number of anilines is 1. The molecule has 0 aromatic carbocycles. The Labute approximate surface area is 106 Å². The van der Waals surface area contributed by atoms with Gasteiger partial charge in [-0.2, -0.15) is 0 Å². The smallest absolute Gasteiger partial charge is 0.153 e. The van der Waals surface area contributed by atoms with Gasteiger partial charge >= 0.3 is 0 Å². The minimum atomic E-state index is 0.665. The van der Waals surface area contributed by atoms with Crippen LogP contribution in [0.4, 0.5) is 5.82 Å². The molecule has 2 rings (SSSR count). The van der Waals surface area contributed by atoms with E-state index >= 15 is 0 Å². The molecule has 1 aliphatic rings. The molecule has 0 radical (unpaired) electrons. The highest BCUT2D eigenvalue weighted by Crippen LogP contribution is 2.17. The number of aldehydes is 1. The lowest BCUT2D eigenvalue weighted by Gasteiger charge is -2.35. The van der Waals surface area contributed by atoms with Gasteiger partial charge in [0.1, 0.15) is 5.82 Å². The maximum atomic E-state index is 10.9. The van der Waals surface area contributed by atoms with E-state index in [1.807, 2.05) is 0 Å². The van der Waals surface area contributed by atoms with Gasteiger partial charge in [0.25, 0.3) is 0 Å². The van der Waals surface area contributed by atoms with E-state index < -0.39 is 0 Å². The third-order valence-corrected chi connectivity index (χ3v) is 3.19. The Morgan fingerprint density at radius 2 is 2.12 bits per heavy atom. The Bertz CT molecular complexity index is 378. The number of hydrogen-bond donors (Lipinski definition) is 0. The van der Waals surface area contributed by atoms with E-state index in [9.17, 15) is 4.79 Å². The monoisotopic (exact) mass is 253 g/mol. The average Bonchev–Trinajstić information content (AvgIpc) is 2.40. The number of piperazine rings is 1. The third-order valence-electron chi connectivity index (χ3n) is 3.02. The topological polar surface area (TPSA) is 36.4 Å². The summed E-state index contributed by atoms with van der Waals surface area (Å²) in [5.41, 5.74) is 0.665. The predicted octanol–water partition coefficient (Wildman–Crippen LogP) is 1.25. The van der Waals surface area contributed by atoms with E-state index in [2.05, 4.69) is 14.8 Å². The maximum absolute atomic E-state index is 10.9. The Kier molecular flexibility index (Phi) is 4.34. The van der Waals surface area contributed by atoms with Crippen molar-refractivity contribution in [1.29, 1.82) is 0 Å². The van der Waals surface area contributed by atoms with Crippen LogP contribution >= 0.6 is 11.6 Å². The van der Waals surface area contributed by atoms with Gasteiger partial charge in [0.05, 0.1) is 5.56 Å². The number of nitrogens with zero attached hydrogens (tertiary/aromatic N) is 3. The molecule has 1 fully saturated rings. The van der Waals surface area contributed by atoms with E-state index in [0.29, 0.717) is 11.4 Å². The second kappa shape index (κ2) is 5.98. The van der Waals surface area contributed by atoms with Gasteiger partial charge < -0.3 is 4.90 Å². The summed E-state index contributed by atoms with van der Waals surface area (Å²) in [6.07, 6.45) is 2.60. The molecule has 1 aromatic heterocycles. The van der Waals surface area contributed by atoms with Gasteiger partial charge in [-0.05, 0) is 12.1 Å². The summed E-state index contributed by atoms with van der Waals surface area (Å²) < 4.78 is 0. The van der Waals surface area contributed by atoms with Gasteiger partial charge in [0.15, 0.2) is 6.29 Å². The molecule has 0 saturated carbocycles. The first-order valence-corrected chi connectivity index (χ1v) is 6.32. The quantitative estimate of drug-likeness (QED) is 0.598. The molecule has 0 bridgehead atoms. The summed E-state index contributed by atoms with van der Waals surface area (Å²) in [6, 6.07) is 3.59. The van der Waals surface area contributed by atoms with Crippen molar-refractivity contribution < 1.29 is 4.79 Å². The Balaban J connectivity index is 2.02. The molecule has 1 aliphatic heterocycles. The van der Waals surface area contributed by atoms with Crippen molar-refractivity contribution >= 4 is 23.7 Å². The molecular formula is C12H16ClN3O. The summed E-state index contributed by atoms with van der Waals surface area (Å²) in [5, 5.41) is 0. The van der Waals surface area contributed by atoms with Crippen LogP contribution in [0.1, 0.15) is 10.4 Å². The molecule has 17 heavy (non-hydrogen) atoms. The number of aromatic nitrogens is 1. The van der Waals surface area contributed by atoms with Crippen molar-refractivity contribution in [3.63, 3.8) is 0 Å². The van der Waals surface area contributed by atoms with Crippen LogP contribution in [-0.4, -0.2) is 54.8 Å². The molecule has 1 saturated heterocycles. The van der Waals surface area contributed by atoms with Crippen molar-refractivity contribution in [3.05, 3.63) is 23.9 Å². The summed E-state index contributed by atoms with van der Waals surface area (Å²) in [6.45, 7) is 4.67. The van der Waals surface area contributed by atoms with E-state index in [0.717, 1.165) is 44.8 Å². The SMILES string of the molecule is O=Cc1cccnc1N1CCN(CCCl)CC1. The van der Waals surface area contributed by atoms with Crippen LogP contribution < -0.4 is 4.90 Å². The van der Waals surface area contributed by atoms with Crippen LogP contribution in [0.5, 0.6) is 0 Å². The molecular weight excluding hydrogens is 238 g/mol. The lowest BCUT2D eigenvalue weighted by molar-refractivity contribution is 0.112. The number of carbonyl (C=O) groups excluding carboxylic acids is 1. The minimum Gasteiger partial charge on any atom is -0.353 e. The highest BCUT2D eigenvalue weighted by molar-refractivity contribution is 6.18. The van der Waals surface area contributed by atoms with Gasteiger partial charge in [-0.1, -0.05) is 0 Å². The van der Waals surface area contributed by atoms with Crippen LogP contribution in [0.15, 0.2) is 18.3 Å². The number of hydrogen-bond acceptors (Lipinski definition) is 4. The number of pyridine rings is 1. The van der Waals surface area contributed by atoms with Gasteiger partial charge in [-0.15, -0.1) is 11.6 Å². The van der Waals surface area contributed by atoms with E-state index in [1.54, 1.807) is 18.3 Å². The number of rotatable bonds is 4. The largest absolute Gasteiger partial charge is 0.353 e. The second-order valence-electron chi connectivity index (χ2n) is 4.05. The standard InChI is InChI=1S/C12H16ClN3O/c13-3-5-15-6-8-16(9-7-15)12-11(10-17)2-1-4-14-12/h1-2,4,10H,3,5-9H2. The van der Waals surface area contributed by atoms with E-state index in [1.165, 1.54) is 0 Å². The maximum Gasteiger partial charge on any atom is 0.153 e. The summed E-state index contributed by atoms with van der Waals surface area (Å²) in [7, 11) is 0. The van der Waals surface area contributed by atoms with Crippen LogP contribution in [0.25, 0.3) is 0 Å². The molecule has 2 heterocycles. The van der Waals surface area contributed by atoms with Crippen molar-refractivity contribution in [2.75, 3.05) is 43.5 Å². The Morgan fingerprint density at radius 3 is 2.76 bits per heavy atom. The lowest BCUT2D eigenvalue weighted by Crippen LogP contribution is -2.47. The normalized spacial score (nSPS) is 17.1. The number of carbonyl (C=O) groups is 1. The third kappa shape index (κ3) is 2.96. The first-order chi connectivity index (χ1) is 8.35. The van der Waals surface area contributed by atoms with Crippen molar-refractivity contribution in [2.45, 2.75) is 0 Å². The zero-order chi connectivity index (χ0) is 12.1. The molecule has 1 aromatic rings. The summed E-state index contributed by atoms with van der Waals surface area (Å²) >= 11 is 5.72. The van der Waals surface area contributed by atoms with Gasteiger partial charge in [0.2, 0.25) is 0 Å². The van der Waals surface area contributed by atoms with Gasteiger partial charge in [0, 0.05) is 44.8 Å². The molecule has 0 unspecified atom stereocenters. The molecule has 0 amide bonds. The van der Waals surface area contributed by atoms with Crippen LogP contribution in [0.3, 0.4) is 0 Å². The highest BCUT2D eigenvalue weighted by atomic mass is 35.5. The van der Waals surface area contributed by atoms with Crippen LogP contribution in [0, 0.1) is 0 Å². The van der Waals surface area contributed by atoms with E-state index in [4.69, 9.17) is 11.6 Å². The fourth-order valence-electron chi connectivity index (χ4n) is 2.07. The Hall–Kier alpha value is -1.13. The number of halogens is 1. The fraction of sp³-hybridized carbons (Fsp3) is 0.500. The average molecular weight is 254 g/mol. The van der Waals surface area contributed by atoms with Crippen LogP contribution in [0.2, 0.25) is 0 Å². The van der Waals surface area contributed by atoms with Crippen molar-refractivity contribution in [2.24, 2.45) is 0 Å². The minimum absolute atomic E-state index is 0.665.